The summed E-state index contributed by atoms with van der Waals surface area (Å²) in [5.41, 5.74) is 0. The number of hydrogen-bond donors (Lipinski definition) is 0. The van der Waals surface area contributed by atoms with Crippen molar-refractivity contribution in [3.63, 3.8) is 0 Å². The average molecular weight is 268 g/mol. The lowest BCUT2D eigenvalue weighted by Crippen LogP contribution is -2.49. The minimum Gasteiger partial charge on any atom is -0.301 e. The van der Waals surface area contributed by atoms with Crippen molar-refractivity contribution in [1.29, 1.82) is 0 Å². The molecular formula is C17H36N2. The molecule has 2 aliphatic rings. The van der Waals surface area contributed by atoms with Crippen molar-refractivity contribution in [2.24, 2.45) is 0 Å². The fourth-order valence-electron chi connectivity index (χ4n) is 3.60. The Morgan fingerprint density at radius 1 is 0.842 bits per heavy atom. The molecule has 1 saturated carbocycles. The van der Waals surface area contributed by atoms with Gasteiger partial charge in [0.05, 0.1) is 0 Å². The summed E-state index contributed by atoms with van der Waals surface area (Å²) < 4.78 is 0. The molecule has 1 aliphatic carbocycles. The van der Waals surface area contributed by atoms with Crippen molar-refractivity contribution in [3.8, 4) is 0 Å². The van der Waals surface area contributed by atoms with Crippen molar-refractivity contribution in [2.45, 2.75) is 90.8 Å². The first kappa shape index (κ1) is 17.0. The first-order chi connectivity index (χ1) is 9.18. The van der Waals surface area contributed by atoms with Crippen LogP contribution in [-0.4, -0.2) is 48.1 Å². The second-order valence-corrected chi connectivity index (χ2v) is 6.32. The van der Waals surface area contributed by atoms with Crippen LogP contribution in [0.2, 0.25) is 0 Å². The molecule has 0 amide bonds. The molecule has 0 aromatic rings. The molecule has 0 bridgehead atoms. The normalized spacial score (nSPS) is 23.5. The molecule has 1 heterocycles. The zero-order chi connectivity index (χ0) is 14.3. The van der Waals surface area contributed by atoms with E-state index in [0.29, 0.717) is 0 Å². The Morgan fingerprint density at radius 3 is 1.79 bits per heavy atom. The van der Waals surface area contributed by atoms with Crippen molar-refractivity contribution in [1.82, 2.24) is 9.80 Å². The van der Waals surface area contributed by atoms with Crippen LogP contribution in [0.5, 0.6) is 0 Å². The highest BCUT2D eigenvalue weighted by atomic mass is 15.2. The zero-order valence-electron chi connectivity index (χ0n) is 14.0. The van der Waals surface area contributed by atoms with Gasteiger partial charge in [0.25, 0.3) is 0 Å². The Bertz CT molecular complexity index is 213. The third-order valence-electron chi connectivity index (χ3n) is 4.96. The van der Waals surface area contributed by atoms with Gasteiger partial charge in [0.15, 0.2) is 0 Å². The summed E-state index contributed by atoms with van der Waals surface area (Å²) in [5.74, 6) is 0. The van der Waals surface area contributed by atoms with Crippen molar-refractivity contribution in [2.75, 3.05) is 20.1 Å². The molecule has 1 aliphatic heterocycles. The van der Waals surface area contributed by atoms with E-state index in [0.717, 1.165) is 18.1 Å². The molecule has 0 atom stereocenters. The summed E-state index contributed by atoms with van der Waals surface area (Å²) in [6, 6.07) is 2.48. The summed E-state index contributed by atoms with van der Waals surface area (Å²) in [7, 11) is 2.38. The molecule has 114 valence electrons. The van der Waals surface area contributed by atoms with Crippen LogP contribution in [0.4, 0.5) is 0 Å². The molecule has 19 heavy (non-hydrogen) atoms. The lowest BCUT2D eigenvalue weighted by molar-refractivity contribution is 0.0693. The summed E-state index contributed by atoms with van der Waals surface area (Å²) in [6.07, 6.45) is 10.0. The van der Waals surface area contributed by atoms with Gasteiger partial charge in [0, 0.05) is 18.1 Å². The molecule has 0 N–H and O–H groups in total. The van der Waals surface area contributed by atoms with E-state index in [-0.39, 0.29) is 0 Å². The smallest absolute Gasteiger partial charge is 0.0119 e. The predicted octanol–water partition coefficient (Wildman–Crippen LogP) is 4.15. The number of piperidine rings is 1. The van der Waals surface area contributed by atoms with Gasteiger partial charge in [0.2, 0.25) is 0 Å². The maximum absolute atomic E-state index is 2.72. The Hall–Kier alpha value is -0.0800. The molecule has 2 heteroatoms. The van der Waals surface area contributed by atoms with Gasteiger partial charge in [-0.1, -0.05) is 33.1 Å². The van der Waals surface area contributed by atoms with Crippen molar-refractivity contribution >= 4 is 0 Å². The Kier molecular flexibility index (Phi) is 8.01. The van der Waals surface area contributed by atoms with E-state index in [2.05, 4.69) is 30.7 Å². The lowest BCUT2D eigenvalue weighted by atomic mass is 9.91. The summed E-state index contributed by atoms with van der Waals surface area (Å²) in [4.78, 5) is 5.35. The SMILES string of the molecule is CC.CC(C)N1CCC(N(C)C2CCCCC2)CC1. The van der Waals surface area contributed by atoms with Gasteiger partial charge in [0.1, 0.15) is 0 Å². The van der Waals surface area contributed by atoms with Crippen LogP contribution in [-0.2, 0) is 0 Å². The van der Waals surface area contributed by atoms with Crippen LogP contribution >= 0.6 is 0 Å². The Labute approximate surface area is 121 Å². The van der Waals surface area contributed by atoms with Crippen molar-refractivity contribution < 1.29 is 0 Å². The fraction of sp³-hybridized carbons (Fsp3) is 1.00. The van der Waals surface area contributed by atoms with E-state index in [9.17, 15) is 0 Å². The van der Waals surface area contributed by atoms with Gasteiger partial charge >= 0.3 is 0 Å². The largest absolute Gasteiger partial charge is 0.301 e. The quantitative estimate of drug-likeness (QED) is 0.758. The third kappa shape index (κ3) is 5.07. The van der Waals surface area contributed by atoms with Crippen LogP contribution in [0, 0.1) is 0 Å². The van der Waals surface area contributed by atoms with Gasteiger partial charge in [-0.25, -0.2) is 0 Å². The van der Waals surface area contributed by atoms with Gasteiger partial charge in [-0.15, -0.1) is 0 Å². The summed E-state index contributed by atoms with van der Waals surface area (Å²) in [6.45, 7) is 11.3. The number of rotatable bonds is 3. The fourth-order valence-corrected chi connectivity index (χ4v) is 3.60. The molecule has 2 nitrogen and oxygen atoms in total. The van der Waals surface area contributed by atoms with Crippen LogP contribution in [0.15, 0.2) is 0 Å². The number of hydrogen-bond acceptors (Lipinski definition) is 2. The standard InChI is InChI=1S/C15H30N2.C2H6/c1-13(2)17-11-9-15(10-12-17)16(3)14-7-5-4-6-8-14;1-2/h13-15H,4-12H2,1-3H3;1-2H3. The van der Waals surface area contributed by atoms with Crippen LogP contribution in [0.1, 0.15) is 72.6 Å². The second-order valence-electron chi connectivity index (χ2n) is 6.32. The van der Waals surface area contributed by atoms with Crippen molar-refractivity contribution in [3.05, 3.63) is 0 Å². The topological polar surface area (TPSA) is 6.48 Å². The molecule has 2 fully saturated rings. The molecule has 0 aromatic heterocycles. The minimum atomic E-state index is 0.732. The third-order valence-corrected chi connectivity index (χ3v) is 4.96. The Balaban J connectivity index is 0.000000861. The first-order valence-corrected chi connectivity index (χ1v) is 8.64. The van der Waals surface area contributed by atoms with E-state index in [1.165, 1.54) is 58.0 Å². The van der Waals surface area contributed by atoms with E-state index >= 15 is 0 Å². The van der Waals surface area contributed by atoms with Gasteiger partial charge in [-0.3, -0.25) is 0 Å². The molecule has 0 aromatic carbocycles. The van der Waals surface area contributed by atoms with Gasteiger partial charge in [-0.2, -0.15) is 0 Å². The maximum atomic E-state index is 2.72. The van der Waals surface area contributed by atoms with E-state index in [1.54, 1.807) is 0 Å². The lowest BCUT2D eigenvalue weighted by Gasteiger charge is -2.42. The Morgan fingerprint density at radius 2 is 1.32 bits per heavy atom. The molecule has 2 rings (SSSR count). The highest BCUT2D eigenvalue weighted by molar-refractivity contribution is 4.84. The molecular weight excluding hydrogens is 232 g/mol. The van der Waals surface area contributed by atoms with Crippen LogP contribution in [0.3, 0.4) is 0 Å². The molecule has 0 spiro atoms. The highest BCUT2D eigenvalue weighted by Crippen LogP contribution is 2.26. The second kappa shape index (κ2) is 8.97. The van der Waals surface area contributed by atoms with E-state index < -0.39 is 0 Å². The van der Waals surface area contributed by atoms with Crippen LogP contribution < -0.4 is 0 Å². The average Bonchev–Trinajstić information content (AvgIpc) is 2.49. The van der Waals surface area contributed by atoms with Gasteiger partial charge < -0.3 is 9.80 Å². The molecule has 0 unspecified atom stereocenters. The number of likely N-dealkylation sites (tertiary alicyclic amines) is 1. The van der Waals surface area contributed by atoms with E-state index in [1.807, 2.05) is 13.8 Å². The number of nitrogens with zero attached hydrogens (tertiary/aromatic N) is 2. The zero-order valence-corrected chi connectivity index (χ0v) is 14.0. The van der Waals surface area contributed by atoms with E-state index in [4.69, 9.17) is 0 Å². The first-order valence-electron chi connectivity index (χ1n) is 8.64. The molecule has 0 radical (unpaired) electrons. The monoisotopic (exact) mass is 268 g/mol. The highest BCUT2D eigenvalue weighted by Gasteiger charge is 2.28. The predicted molar refractivity (Wildman–Crippen MR) is 85.7 cm³/mol. The summed E-state index contributed by atoms with van der Waals surface area (Å²) >= 11 is 0. The molecule has 1 saturated heterocycles. The van der Waals surface area contributed by atoms with Gasteiger partial charge in [-0.05, 0) is 59.7 Å². The van der Waals surface area contributed by atoms with Crippen LogP contribution in [0.25, 0.3) is 0 Å². The maximum Gasteiger partial charge on any atom is 0.0119 e. The summed E-state index contributed by atoms with van der Waals surface area (Å²) in [5, 5.41) is 0. The minimum absolute atomic E-state index is 0.732.